The van der Waals surface area contributed by atoms with Crippen LogP contribution in [0.25, 0.3) is 11.0 Å². The highest BCUT2D eigenvalue weighted by atomic mass is 19.1. The molecule has 1 aliphatic rings. The highest BCUT2D eigenvalue weighted by Crippen LogP contribution is 2.20. The second-order valence-electron chi connectivity index (χ2n) is 8.47. The lowest BCUT2D eigenvalue weighted by Crippen LogP contribution is -2.48. The summed E-state index contributed by atoms with van der Waals surface area (Å²) in [6.45, 7) is 4.02. The normalized spacial score (nSPS) is 14.5. The lowest BCUT2D eigenvalue weighted by atomic mass is 10.1. The zero-order valence-corrected chi connectivity index (χ0v) is 19.0. The van der Waals surface area contributed by atoms with Gasteiger partial charge in [0.2, 0.25) is 0 Å². The van der Waals surface area contributed by atoms with Crippen molar-refractivity contribution in [3.8, 4) is 5.75 Å². The van der Waals surface area contributed by atoms with E-state index < -0.39 is 0 Å². The number of carbonyl (C=O) groups is 1. The van der Waals surface area contributed by atoms with Crippen molar-refractivity contribution in [2.75, 3.05) is 33.3 Å². The van der Waals surface area contributed by atoms with E-state index in [0.717, 1.165) is 35.2 Å². The first-order valence-corrected chi connectivity index (χ1v) is 11.3. The Morgan fingerprint density at radius 2 is 1.68 bits per heavy atom. The van der Waals surface area contributed by atoms with Crippen LogP contribution in [-0.4, -0.2) is 64.0 Å². The van der Waals surface area contributed by atoms with Crippen molar-refractivity contribution in [1.29, 1.82) is 0 Å². The lowest BCUT2D eigenvalue weighted by Gasteiger charge is -2.34. The van der Waals surface area contributed by atoms with Crippen LogP contribution in [0.1, 0.15) is 21.5 Å². The molecule has 0 spiro atoms. The summed E-state index contributed by atoms with van der Waals surface area (Å²) >= 11 is 0. The van der Waals surface area contributed by atoms with Crippen LogP contribution in [0, 0.1) is 5.82 Å². The van der Waals surface area contributed by atoms with Gasteiger partial charge in [0.1, 0.15) is 5.52 Å². The van der Waals surface area contributed by atoms with Gasteiger partial charge < -0.3 is 9.64 Å². The average molecular weight is 460 g/mol. The minimum atomic E-state index is -0.353. The van der Waals surface area contributed by atoms with Gasteiger partial charge in [0.15, 0.2) is 11.6 Å². The molecule has 0 N–H and O–H groups in total. The summed E-state index contributed by atoms with van der Waals surface area (Å²) in [5, 5.41) is 8.42. The summed E-state index contributed by atoms with van der Waals surface area (Å²) in [5.74, 6) is -0.0676. The smallest absolute Gasteiger partial charge is 0.253 e. The van der Waals surface area contributed by atoms with Crippen molar-refractivity contribution in [2.45, 2.75) is 13.1 Å². The van der Waals surface area contributed by atoms with Gasteiger partial charge in [-0.25, -0.2) is 9.07 Å². The molecular weight excluding hydrogens is 433 g/mol. The number of halogens is 1. The van der Waals surface area contributed by atoms with Gasteiger partial charge in [-0.2, -0.15) is 0 Å². The molecule has 0 unspecified atom stereocenters. The molecule has 174 valence electrons. The second kappa shape index (κ2) is 9.61. The van der Waals surface area contributed by atoms with Crippen molar-refractivity contribution in [2.24, 2.45) is 0 Å². The topological polar surface area (TPSA) is 63.5 Å². The maximum absolute atomic E-state index is 14.0. The Kier molecular flexibility index (Phi) is 6.22. The Balaban J connectivity index is 1.16. The van der Waals surface area contributed by atoms with E-state index >= 15 is 0 Å². The maximum atomic E-state index is 14.0. The molecule has 0 bridgehead atoms. The minimum absolute atomic E-state index is 0.0351. The first-order valence-electron chi connectivity index (χ1n) is 11.3. The van der Waals surface area contributed by atoms with E-state index in [1.165, 1.54) is 13.2 Å². The third-order valence-corrected chi connectivity index (χ3v) is 6.24. The highest BCUT2D eigenvalue weighted by Gasteiger charge is 2.22. The van der Waals surface area contributed by atoms with Crippen molar-refractivity contribution in [3.63, 3.8) is 0 Å². The van der Waals surface area contributed by atoms with Crippen LogP contribution in [0.3, 0.4) is 0 Å². The molecule has 5 rings (SSSR count). The lowest BCUT2D eigenvalue weighted by molar-refractivity contribution is 0.0628. The molecule has 0 saturated carbocycles. The molecule has 3 aromatic carbocycles. The third-order valence-electron chi connectivity index (χ3n) is 6.24. The van der Waals surface area contributed by atoms with Crippen molar-refractivity contribution < 1.29 is 13.9 Å². The van der Waals surface area contributed by atoms with Gasteiger partial charge in [-0.05, 0) is 47.5 Å². The van der Waals surface area contributed by atoms with Crippen LogP contribution in [0.5, 0.6) is 5.75 Å². The fourth-order valence-electron chi connectivity index (χ4n) is 4.32. The molecule has 1 amide bonds. The van der Waals surface area contributed by atoms with Crippen LogP contribution < -0.4 is 4.74 Å². The van der Waals surface area contributed by atoms with Crippen LogP contribution in [-0.2, 0) is 13.1 Å². The Labute approximate surface area is 197 Å². The van der Waals surface area contributed by atoms with Gasteiger partial charge >= 0.3 is 0 Å². The van der Waals surface area contributed by atoms with E-state index in [4.69, 9.17) is 4.74 Å². The van der Waals surface area contributed by atoms with Gasteiger partial charge in [-0.3, -0.25) is 9.69 Å². The van der Waals surface area contributed by atoms with Gasteiger partial charge in [0, 0.05) is 38.3 Å². The highest BCUT2D eigenvalue weighted by molar-refractivity contribution is 5.94. The van der Waals surface area contributed by atoms with E-state index in [1.54, 1.807) is 6.07 Å². The number of hydrogen-bond acceptors (Lipinski definition) is 5. The molecule has 1 fully saturated rings. The van der Waals surface area contributed by atoms with E-state index in [2.05, 4.69) is 15.2 Å². The second-order valence-corrected chi connectivity index (χ2v) is 8.47. The first kappa shape index (κ1) is 22.0. The minimum Gasteiger partial charge on any atom is -0.494 e. The summed E-state index contributed by atoms with van der Waals surface area (Å²) in [6.07, 6.45) is 0. The summed E-state index contributed by atoms with van der Waals surface area (Å²) in [4.78, 5) is 17.1. The number of benzene rings is 3. The number of para-hydroxylation sites is 1. The Bertz CT molecular complexity index is 1300. The van der Waals surface area contributed by atoms with Crippen molar-refractivity contribution in [1.82, 2.24) is 24.8 Å². The molecule has 1 saturated heterocycles. The molecule has 4 aromatic rings. The van der Waals surface area contributed by atoms with Crippen molar-refractivity contribution >= 4 is 16.9 Å². The van der Waals surface area contributed by atoms with Crippen molar-refractivity contribution in [3.05, 3.63) is 89.2 Å². The number of hydrogen-bond donors (Lipinski definition) is 0. The number of amides is 1. The number of piperazine rings is 1. The largest absolute Gasteiger partial charge is 0.494 e. The zero-order chi connectivity index (χ0) is 23.5. The summed E-state index contributed by atoms with van der Waals surface area (Å²) in [5.41, 5.74) is 4.49. The first-order chi connectivity index (χ1) is 16.6. The van der Waals surface area contributed by atoms with Gasteiger partial charge in [-0.1, -0.05) is 35.5 Å². The molecular formula is C26H26FN5O2. The molecule has 1 aliphatic heterocycles. The van der Waals surface area contributed by atoms with E-state index in [1.807, 2.05) is 64.2 Å². The van der Waals surface area contributed by atoms with Gasteiger partial charge in [-0.15, -0.1) is 5.10 Å². The average Bonchev–Trinajstić information content (AvgIpc) is 3.27. The molecule has 0 atom stereocenters. The SMILES string of the molecule is COc1ccc(CN2CCN(C(=O)c3ccc(Cn4nnc5ccccc54)cc3)CC2)cc1F. The molecule has 8 heteroatoms. The van der Waals surface area contributed by atoms with Gasteiger partial charge in [0.25, 0.3) is 5.91 Å². The molecule has 34 heavy (non-hydrogen) atoms. The Morgan fingerprint density at radius 1 is 0.941 bits per heavy atom. The fourth-order valence-corrected chi connectivity index (χ4v) is 4.32. The monoisotopic (exact) mass is 459 g/mol. The molecule has 0 radical (unpaired) electrons. The number of ether oxygens (including phenoxy) is 1. The predicted octanol–water partition coefficient (Wildman–Crippen LogP) is 3.59. The van der Waals surface area contributed by atoms with Crippen LogP contribution >= 0.6 is 0 Å². The quantitative estimate of drug-likeness (QED) is 0.441. The standard InChI is InChI=1S/C26H26FN5O2/c1-34-25-11-8-20(16-22(25)27)17-30-12-14-31(15-13-30)26(33)21-9-6-19(7-10-21)18-32-24-5-3-2-4-23(24)28-29-32/h2-11,16H,12-15,17-18H2,1H3. The van der Waals surface area contributed by atoms with Crippen LogP contribution in [0.15, 0.2) is 66.7 Å². The summed E-state index contributed by atoms with van der Waals surface area (Å²) in [6, 6.07) is 20.6. The maximum Gasteiger partial charge on any atom is 0.253 e. The molecule has 7 nitrogen and oxygen atoms in total. The Hall–Kier alpha value is -3.78. The number of rotatable bonds is 6. The number of carbonyl (C=O) groups excluding carboxylic acids is 1. The van der Waals surface area contributed by atoms with E-state index in [9.17, 15) is 9.18 Å². The number of nitrogens with zero attached hydrogens (tertiary/aromatic N) is 5. The van der Waals surface area contributed by atoms with E-state index in [-0.39, 0.29) is 17.5 Å². The number of methoxy groups -OCH3 is 1. The predicted molar refractivity (Wildman–Crippen MR) is 127 cm³/mol. The number of fused-ring (bicyclic) bond motifs is 1. The molecule has 0 aliphatic carbocycles. The molecule has 1 aromatic heterocycles. The fraction of sp³-hybridized carbons (Fsp3) is 0.269. The summed E-state index contributed by atoms with van der Waals surface area (Å²) in [7, 11) is 1.46. The molecule has 2 heterocycles. The van der Waals surface area contributed by atoms with Crippen LogP contribution in [0.4, 0.5) is 4.39 Å². The Morgan fingerprint density at radius 3 is 2.41 bits per heavy atom. The third kappa shape index (κ3) is 4.63. The van der Waals surface area contributed by atoms with Gasteiger partial charge in [0.05, 0.1) is 19.2 Å². The van der Waals surface area contributed by atoms with E-state index in [0.29, 0.717) is 31.7 Å². The number of aromatic nitrogens is 3. The summed E-state index contributed by atoms with van der Waals surface area (Å²) < 4.78 is 20.8. The van der Waals surface area contributed by atoms with Crippen LogP contribution in [0.2, 0.25) is 0 Å². The zero-order valence-electron chi connectivity index (χ0n) is 19.0.